The van der Waals surface area contributed by atoms with E-state index >= 15 is 0 Å². The van der Waals surface area contributed by atoms with Crippen LogP contribution in [0.15, 0.2) is 0 Å². The highest BCUT2D eigenvalue weighted by Crippen LogP contribution is 2.23. The van der Waals surface area contributed by atoms with Crippen molar-refractivity contribution < 1.29 is 23.1 Å². The van der Waals surface area contributed by atoms with Gasteiger partial charge in [-0.2, -0.15) is 18.3 Å². The lowest BCUT2D eigenvalue weighted by atomic mass is 10.0. The van der Waals surface area contributed by atoms with Crippen molar-refractivity contribution in [2.45, 2.75) is 39.3 Å². The van der Waals surface area contributed by atoms with Crippen LogP contribution in [0.2, 0.25) is 0 Å². The Morgan fingerprint density at radius 2 is 1.90 bits per heavy atom. The monoisotopic (exact) mass is 291 g/mol. The fourth-order valence-electron chi connectivity index (χ4n) is 1.85. The van der Waals surface area contributed by atoms with Crippen LogP contribution in [0.1, 0.15) is 41.9 Å². The van der Waals surface area contributed by atoms with E-state index in [1.54, 1.807) is 6.92 Å². The Bertz CT molecular complexity index is 490. The van der Waals surface area contributed by atoms with Crippen molar-refractivity contribution in [2.24, 2.45) is 0 Å². The lowest BCUT2D eigenvalue weighted by Gasteiger charge is -2.14. The van der Waals surface area contributed by atoms with E-state index in [2.05, 4.69) is 15.5 Å². The summed E-state index contributed by atoms with van der Waals surface area (Å²) >= 11 is 0. The van der Waals surface area contributed by atoms with Crippen LogP contribution in [-0.4, -0.2) is 34.0 Å². The second-order valence-corrected chi connectivity index (χ2v) is 4.15. The summed E-state index contributed by atoms with van der Waals surface area (Å²) in [5.74, 6) is -1.34. The van der Waals surface area contributed by atoms with Crippen LogP contribution in [0.4, 0.5) is 19.0 Å². The minimum absolute atomic E-state index is 0.0958. The number of anilines is 1. The normalized spacial score (nSPS) is 11.4. The number of carboxylic acids is 1. The van der Waals surface area contributed by atoms with Crippen LogP contribution in [0.3, 0.4) is 0 Å². The minimum atomic E-state index is -4.30. The third-order valence-electron chi connectivity index (χ3n) is 2.76. The topological polar surface area (TPSA) is 75.1 Å². The number of aromatic nitrogens is 2. The number of hydrogen-bond acceptors (Lipinski definition) is 4. The molecular formula is C12H16F3N3O2. The molecule has 0 amide bonds. The molecule has 0 aromatic carbocycles. The van der Waals surface area contributed by atoms with Crippen molar-refractivity contribution in [3.8, 4) is 0 Å². The summed E-state index contributed by atoms with van der Waals surface area (Å²) < 4.78 is 36.3. The Kier molecular flexibility index (Phi) is 5.29. The van der Waals surface area contributed by atoms with Crippen LogP contribution in [0.25, 0.3) is 0 Å². The highest BCUT2D eigenvalue weighted by Gasteiger charge is 2.27. The van der Waals surface area contributed by atoms with E-state index in [9.17, 15) is 23.1 Å². The molecule has 1 heterocycles. The van der Waals surface area contributed by atoms with Crippen LogP contribution in [0.5, 0.6) is 0 Å². The van der Waals surface area contributed by atoms with Crippen LogP contribution in [0, 0.1) is 0 Å². The van der Waals surface area contributed by atoms with E-state index in [0.717, 1.165) is 0 Å². The maximum Gasteiger partial charge on any atom is 0.390 e. The van der Waals surface area contributed by atoms with Gasteiger partial charge in [0.25, 0.3) is 0 Å². The molecule has 0 saturated carbocycles. The number of nitrogens with zero attached hydrogens (tertiary/aromatic N) is 2. The van der Waals surface area contributed by atoms with Gasteiger partial charge in [0.1, 0.15) is 5.56 Å². The van der Waals surface area contributed by atoms with Crippen molar-refractivity contribution >= 4 is 11.8 Å². The summed E-state index contributed by atoms with van der Waals surface area (Å²) in [5, 5.41) is 19.2. The standard InChI is InChI=1S/C12H16F3N3O2/c1-3-7-8(4-2)17-18-10(9(7)11(19)20)16-6-5-12(13,14)15/h3-6H2,1-2H3,(H,16,18)(H,19,20). The maximum atomic E-state index is 12.1. The molecule has 0 aliphatic heterocycles. The number of aryl methyl sites for hydroxylation is 1. The Morgan fingerprint density at radius 1 is 1.25 bits per heavy atom. The van der Waals surface area contributed by atoms with Gasteiger partial charge < -0.3 is 10.4 Å². The van der Waals surface area contributed by atoms with E-state index in [0.29, 0.717) is 24.1 Å². The molecule has 1 aromatic rings. The number of carboxylic acid groups (broad SMARTS) is 1. The van der Waals surface area contributed by atoms with E-state index < -0.39 is 25.1 Å². The Hall–Kier alpha value is -1.86. The second kappa shape index (κ2) is 6.53. The van der Waals surface area contributed by atoms with Gasteiger partial charge in [-0.3, -0.25) is 0 Å². The largest absolute Gasteiger partial charge is 0.478 e. The zero-order valence-corrected chi connectivity index (χ0v) is 11.2. The molecular weight excluding hydrogens is 275 g/mol. The van der Waals surface area contributed by atoms with E-state index in [1.807, 2.05) is 6.92 Å². The molecule has 0 bridgehead atoms. The van der Waals surface area contributed by atoms with Gasteiger partial charge in [0.2, 0.25) is 0 Å². The van der Waals surface area contributed by atoms with Crippen molar-refractivity contribution in [1.29, 1.82) is 0 Å². The van der Waals surface area contributed by atoms with E-state index in [1.165, 1.54) is 0 Å². The summed E-state index contributed by atoms with van der Waals surface area (Å²) in [7, 11) is 0. The third-order valence-corrected chi connectivity index (χ3v) is 2.76. The van der Waals surface area contributed by atoms with Crippen LogP contribution >= 0.6 is 0 Å². The van der Waals surface area contributed by atoms with Crippen LogP contribution < -0.4 is 5.32 Å². The molecule has 0 saturated heterocycles. The number of nitrogens with one attached hydrogen (secondary N) is 1. The summed E-state index contributed by atoms with van der Waals surface area (Å²) in [4.78, 5) is 11.3. The number of carbonyl (C=O) groups is 1. The lowest BCUT2D eigenvalue weighted by Crippen LogP contribution is -2.19. The minimum Gasteiger partial charge on any atom is -0.478 e. The third kappa shape index (κ3) is 4.07. The van der Waals surface area contributed by atoms with Gasteiger partial charge >= 0.3 is 12.1 Å². The molecule has 0 aliphatic carbocycles. The van der Waals surface area contributed by atoms with Crippen molar-refractivity contribution in [3.63, 3.8) is 0 Å². The Balaban J connectivity index is 3.04. The van der Waals surface area contributed by atoms with Gasteiger partial charge in [0.05, 0.1) is 12.1 Å². The first-order valence-corrected chi connectivity index (χ1v) is 6.22. The summed E-state index contributed by atoms with van der Waals surface area (Å²) in [6.45, 7) is 3.14. The fraction of sp³-hybridized carbons (Fsp3) is 0.583. The molecule has 0 atom stereocenters. The van der Waals surface area contributed by atoms with Gasteiger partial charge in [-0.1, -0.05) is 13.8 Å². The Morgan fingerprint density at radius 3 is 2.35 bits per heavy atom. The highest BCUT2D eigenvalue weighted by molar-refractivity contribution is 5.95. The molecule has 5 nitrogen and oxygen atoms in total. The second-order valence-electron chi connectivity index (χ2n) is 4.15. The van der Waals surface area contributed by atoms with Gasteiger partial charge in [-0.25, -0.2) is 4.79 Å². The molecule has 8 heteroatoms. The van der Waals surface area contributed by atoms with Crippen molar-refractivity contribution in [2.75, 3.05) is 11.9 Å². The van der Waals surface area contributed by atoms with E-state index in [-0.39, 0.29) is 11.4 Å². The smallest absolute Gasteiger partial charge is 0.390 e. The molecule has 0 unspecified atom stereocenters. The zero-order valence-electron chi connectivity index (χ0n) is 11.2. The predicted octanol–water partition coefficient (Wildman–Crippen LogP) is 2.66. The molecule has 2 N–H and O–H groups in total. The summed E-state index contributed by atoms with van der Waals surface area (Å²) in [5.41, 5.74) is 0.956. The quantitative estimate of drug-likeness (QED) is 0.842. The molecule has 1 rings (SSSR count). The average molecular weight is 291 g/mol. The van der Waals surface area contributed by atoms with Crippen molar-refractivity contribution in [3.05, 3.63) is 16.8 Å². The number of halogens is 3. The van der Waals surface area contributed by atoms with Gasteiger partial charge in [0.15, 0.2) is 5.82 Å². The van der Waals surface area contributed by atoms with Crippen LogP contribution in [-0.2, 0) is 12.8 Å². The number of hydrogen-bond donors (Lipinski definition) is 2. The maximum absolute atomic E-state index is 12.1. The molecule has 112 valence electrons. The number of rotatable bonds is 6. The van der Waals surface area contributed by atoms with Gasteiger partial charge in [0, 0.05) is 6.54 Å². The molecule has 0 aliphatic rings. The SMILES string of the molecule is CCc1nnc(NCCC(F)(F)F)c(C(=O)O)c1CC. The van der Waals surface area contributed by atoms with E-state index in [4.69, 9.17) is 0 Å². The first-order valence-electron chi connectivity index (χ1n) is 6.22. The molecule has 20 heavy (non-hydrogen) atoms. The molecule has 1 aromatic heterocycles. The highest BCUT2D eigenvalue weighted by atomic mass is 19.4. The van der Waals surface area contributed by atoms with Gasteiger partial charge in [-0.15, -0.1) is 5.10 Å². The number of aromatic carboxylic acids is 1. The first-order chi connectivity index (χ1) is 9.30. The summed E-state index contributed by atoms with van der Waals surface area (Å²) in [6.07, 6.45) is -4.43. The molecule has 0 radical (unpaired) electrons. The average Bonchev–Trinajstić information content (AvgIpc) is 2.35. The first kappa shape index (κ1) is 16.2. The molecule has 0 spiro atoms. The molecule has 0 fully saturated rings. The summed E-state index contributed by atoms with van der Waals surface area (Å²) in [6, 6.07) is 0. The Labute approximate surface area is 114 Å². The fourth-order valence-corrected chi connectivity index (χ4v) is 1.85. The zero-order chi connectivity index (χ0) is 15.3. The van der Waals surface area contributed by atoms with Gasteiger partial charge in [-0.05, 0) is 18.4 Å². The van der Waals surface area contributed by atoms with Crippen molar-refractivity contribution in [1.82, 2.24) is 10.2 Å². The number of alkyl halides is 3. The lowest BCUT2D eigenvalue weighted by molar-refractivity contribution is -0.131. The predicted molar refractivity (Wildman–Crippen MR) is 66.9 cm³/mol.